The summed E-state index contributed by atoms with van der Waals surface area (Å²) >= 11 is 6.43. The maximum atomic E-state index is 13.9. The molecule has 0 spiro atoms. The Bertz CT molecular complexity index is 1250. The van der Waals surface area contributed by atoms with Gasteiger partial charge in [0.1, 0.15) is 24.1 Å². The number of halogens is 1. The van der Waals surface area contributed by atoms with Gasteiger partial charge in [-0.15, -0.1) is 0 Å². The number of carbonyl (C=O) groups excluding carboxylic acids is 2. The molecule has 9 nitrogen and oxygen atoms in total. The van der Waals surface area contributed by atoms with Crippen molar-refractivity contribution >= 4 is 39.1 Å². The van der Waals surface area contributed by atoms with Crippen molar-refractivity contribution in [3.8, 4) is 11.5 Å². The highest BCUT2D eigenvalue weighted by molar-refractivity contribution is 7.92. The second kappa shape index (κ2) is 13.9. The van der Waals surface area contributed by atoms with Gasteiger partial charge in [0, 0.05) is 23.7 Å². The molecule has 2 amide bonds. The van der Waals surface area contributed by atoms with Crippen molar-refractivity contribution in [2.45, 2.75) is 64.1 Å². The van der Waals surface area contributed by atoms with Gasteiger partial charge in [0.15, 0.2) is 0 Å². The van der Waals surface area contributed by atoms with Crippen molar-refractivity contribution in [1.82, 2.24) is 10.2 Å². The van der Waals surface area contributed by atoms with Crippen LogP contribution in [0.2, 0.25) is 5.02 Å². The molecule has 1 N–H and O–H groups in total. The highest BCUT2D eigenvalue weighted by atomic mass is 35.5. The average molecular weight is 580 g/mol. The summed E-state index contributed by atoms with van der Waals surface area (Å²) in [6.07, 6.45) is 6.43. The summed E-state index contributed by atoms with van der Waals surface area (Å²) in [6, 6.07) is 11.0. The number of benzene rings is 2. The van der Waals surface area contributed by atoms with Gasteiger partial charge in [0.05, 0.1) is 26.2 Å². The zero-order chi connectivity index (χ0) is 28.6. The number of ether oxygens (including phenoxy) is 2. The monoisotopic (exact) mass is 579 g/mol. The SMILES string of the molecule is CC[C@H](C(=O)NC1CCCCC1)N(Cc1ccccc1Cl)C(=O)CN(c1ccc(OC)cc1OC)S(C)(=O)=O. The number of nitrogens with zero attached hydrogens (tertiary/aromatic N) is 2. The minimum Gasteiger partial charge on any atom is -0.497 e. The molecule has 39 heavy (non-hydrogen) atoms. The Morgan fingerprint density at radius 3 is 2.36 bits per heavy atom. The lowest BCUT2D eigenvalue weighted by atomic mass is 9.95. The van der Waals surface area contributed by atoms with Gasteiger partial charge in [-0.1, -0.05) is 56.0 Å². The molecule has 0 bridgehead atoms. The molecule has 2 aromatic rings. The summed E-state index contributed by atoms with van der Waals surface area (Å²) in [5, 5.41) is 3.57. The Kier molecular flexibility index (Phi) is 10.9. The molecule has 1 atom stereocenters. The number of amides is 2. The van der Waals surface area contributed by atoms with E-state index in [0.717, 1.165) is 42.7 Å². The molecule has 1 saturated carbocycles. The first kappa shape index (κ1) is 30.6. The van der Waals surface area contributed by atoms with Crippen LogP contribution in [-0.2, 0) is 26.2 Å². The lowest BCUT2D eigenvalue weighted by Crippen LogP contribution is -2.54. The Balaban J connectivity index is 1.97. The molecule has 214 valence electrons. The second-order valence-corrected chi connectivity index (χ2v) is 12.0. The van der Waals surface area contributed by atoms with Crippen LogP contribution in [0.1, 0.15) is 51.0 Å². The van der Waals surface area contributed by atoms with E-state index >= 15 is 0 Å². The minimum atomic E-state index is -3.92. The van der Waals surface area contributed by atoms with E-state index in [9.17, 15) is 18.0 Å². The number of nitrogens with one attached hydrogen (secondary N) is 1. The quantitative estimate of drug-likeness (QED) is 0.400. The first-order valence-electron chi connectivity index (χ1n) is 13.1. The predicted molar refractivity (Wildman–Crippen MR) is 153 cm³/mol. The van der Waals surface area contributed by atoms with Crippen LogP contribution in [0.3, 0.4) is 0 Å². The molecule has 0 unspecified atom stereocenters. The van der Waals surface area contributed by atoms with Crippen LogP contribution >= 0.6 is 11.6 Å². The minimum absolute atomic E-state index is 0.0481. The summed E-state index contributed by atoms with van der Waals surface area (Å²) in [6.45, 7) is 1.35. The van der Waals surface area contributed by atoms with Gasteiger partial charge in [-0.2, -0.15) is 0 Å². The average Bonchev–Trinajstić information content (AvgIpc) is 2.92. The van der Waals surface area contributed by atoms with Crippen molar-refractivity contribution in [2.24, 2.45) is 0 Å². The molecule has 0 heterocycles. The van der Waals surface area contributed by atoms with Crippen LogP contribution in [0.15, 0.2) is 42.5 Å². The van der Waals surface area contributed by atoms with E-state index in [2.05, 4.69) is 5.32 Å². The third kappa shape index (κ3) is 8.02. The Labute approximate surface area is 236 Å². The van der Waals surface area contributed by atoms with E-state index in [-0.39, 0.29) is 29.9 Å². The number of hydrogen-bond donors (Lipinski definition) is 1. The zero-order valence-corrected chi connectivity index (χ0v) is 24.6. The molecule has 0 radical (unpaired) electrons. The lowest BCUT2D eigenvalue weighted by Gasteiger charge is -2.34. The van der Waals surface area contributed by atoms with Crippen molar-refractivity contribution < 1.29 is 27.5 Å². The van der Waals surface area contributed by atoms with Gasteiger partial charge < -0.3 is 19.7 Å². The van der Waals surface area contributed by atoms with Crippen molar-refractivity contribution in [2.75, 3.05) is 31.3 Å². The second-order valence-electron chi connectivity index (χ2n) is 9.69. The van der Waals surface area contributed by atoms with Gasteiger partial charge in [0.25, 0.3) is 0 Å². The van der Waals surface area contributed by atoms with Crippen molar-refractivity contribution in [1.29, 1.82) is 0 Å². The van der Waals surface area contributed by atoms with Gasteiger partial charge in [-0.3, -0.25) is 13.9 Å². The van der Waals surface area contributed by atoms with E-state index in [1.165, 1.54) is 25.2 Å². The van der Waals surface area contributed by atoms with Crippen molar-refractivity contribution in [3.63, 3.8) is 0 Å². The molecule has 0 saturated heterocycles. The molecule has 3 rings (SSSR count). The molecular weight excluding hydrogens is 542 g/mol. The van der Waals surface area contributed by atoms with Crippen LogP contribution in [0, 0.1) is 0 Å². The fraction of sp³-hybridized carbons (Fsp3) is 0.500. The summed E-state index contributed by atoms with van der Waals surface area (Å²) in [5.74, 6) is -0.0879. The Hall–Kier alpha value is -2.98. The fourth-order valence-corrected chi connectivity index (χ4v) is 5.91. The number of rotatable bonds is 12. The van der Waals surface area contributed by atoms with Crippen LogP contribution in [-0.4, -0.2) is 64.2 Å². The zero-order valence-electron chi connectivity index (χ0n) is 23.0. The topological polar surface area (TPSA) is 105 Å². The maximum absolute atomic E-state index is 13.9. The van der Waals surface area contributed by atoms with Crippen LogP contribution in [0.5, 0.6) is 11.5 Å². The van der Waals surface area contributed by atoms with Crippen LogP contribution in [0.25, 0.3) is 0 Å². The number of sulfonamides is 1. The summed E-state index contributed by atoms with van der Waals surface area (Å²) in [4.78, 5) is 28.8. The first-order valence-corrected chi connectivity index (χ1v) is 15.3. The summed E-state index contributed by atoms with van der Waals surface area (Å²) < 4.78 is 37.5. The molecule has 0 aliphatic heterocycles. The van der Waals surface area contributed by atoms with Gasteiger partial charge >= 0.3 is 0 Å². The highest BCUT2D eigenvalue weighted by Crippen LogP contribution is 2.34. The van der Waals surface area contributed by atoms with Gasteiger partial charge in [-0.05, 0) is 43.0 Å². The molecule has 1 fully saturated rings. The van der Waals surface area contributed by atoms with E-state index in [1.807, 2.05) is 6.92 Å². The Morgan fingerprint density at radius 2 is 1.77 bits per heavy atom. The standard InChI is InChI=1S/C28H38ClN3O6S/c1-5-24(28(34)30-21-12-7-6-8-13-21)31(18-20-11-9-10-14-23(20)29)27(33)19-32(39(4,35)36)25-16-15-22(37-2)17-26(25)38-3/h9-11,14-17,21,24H,5-8,12-13,18-19H2,1-4H3,(H,30,34)/t24-/m1/s1. The lowest BCUT2D eigenvalue weighted by molar-refractivity contribution is -0.140. The summed E-state index contributed by atoms with van der Waals surface area (Å²) in [5.41, 5.74) is 0.843. The van der Waals surface area contributed by atoms with E-state index in [1.54, 1.807) is 36.4 Å². The third-order valence-electron chi connectivity index (χ3n) is 6.97. The van der Waals surface area contributed by atoms with Gasteiger partial charge in [0.2, 0.25) is 21.8 Å². The third-order valence-corrected chi connectivity index (χ3v) is 8.47. The number of anilines is 1. The predicted octanol–water partition coefficient (Wildman–Crippen LogP) is 4.38. The number of methoxy groups -OCH3 is 2. The van der Waals surface area contributed by atoms with Crippen LogP contribution in [0.4, 0.5) is 5.69 Å². The summed E-state index contributed by atoms with van der Waals surface area (Å²) in [7, 11) is -1.02. The highest BCUT2D eigenvalue weighted by Gasteiger charge is 2.34. The van der Waals surface area contributed by atoms with E-state index < -0.39 is 28.5 Å². The van der Waals surface area contributed by atoms with E-state index in [4.69, 9.17) is 21.1 Å². The smallest absolute Gasteiger partial charge is 0.244 e. The fourth-order valence-electron chi connectivity index (χ4n) is 4.86. The molecule has 1 aliphatic rings. The molecule has 2 aromatic carbocycles. The van der Waals surface area contributed by atoms with Crippen LogP contribution < -0.4 is 19.1 Å². The van der Waals surface area contributed by atoms with Gasteiger partial charge in [-0.25, -0.2) is 8.42 Å². The molecule has 0 aromatic heterocycles. The Morgan fingerprint density at radius 1 is 1.08 bits per heavy atom. The first-order chi connectivity index (χ1) is 18.6. The molecule has 1 aliphatic carbocycles. The normalized spacial score (nSPS) is 14.8. The largest absolute Gasteiger partial charge is 0.497 e. The maximum Gasteiger partial charge on any atom is 0.244 e. The van der Waals surface area contributed by atoms with Crippen molar-refractivity contribution in [3.05, 3.63) is 53.1 Å². The molecule has 11 heteroatoms. The number of hydrogen-bond acceptors (Lipinski definition) is 6. The number of carbonyl (C=O) groups is 2. The molecular formula is C28H38ClN3O6S. The van der Waals surface area contributed by atoms with E-state index in [0.29, 0.717) is 22.8 Å².